The molecule has 1 aliphatic rings. The van der Waals surface area contributed by atoms with Gasteiger partial charge in [0.2, 0.25) is 0 Å². The van der Waals surface area contributed by atoms with E-state index >= 15 is 0 Å². The monoisotopic (exact) mass is 332 g/mol. The molecular formula is C15H19F3N2O3. The van der Waals surface area contributed by atoms with Crippen molar-refractivity contribution >= 4 is 11.7 Å². The lowest BCUT2D eigenvalue weighted by atomic mass is 10.1. The number of carbonyl (C=O) groups is 1. The van der Waals surface area contributed by atoms with Gasteiger partial charge in [0.05, 0.1) is 12.7 Å². The highest BCUT2D eigenvalue weighted by Crippen LogP contribution is 2.28. The SMILES string of the molecule is C[C@@H](OC[C@H]1CCCCO1)C(=O)Nc1cccc(C(F)(F)F)n1. The van der Waals surface area contributed by atoms with Crippen molar-refractivity contribution in [1.29, 1.82) is 0 Å². The van der Waals surface area contributed by atoms with Gasteiger partial charge in [-0.3, -0.25) is 4.79 Å². The van der Waals surface area contributed by atoms with Crippen molar-refractivity contribution in [2.75, 3.05) is 18.5 Å². The molecule has 0 saturated carbocycles. The second kappa shape index (κ2) is 7.74. The molecule has 1 amide bonds. The Labute approximate surface area is 132 Å². The summed E-state index contributed by atoms with van der Waals surface area (Å²) in [4.78, 5) is 15.3. The molecule has 1 aromatic rings. The average Bonchev–Trinajstić information content (AvgIpc) is 2.53. The number of aromatic nitrogens is 1. The van der Waals surface area contributed by atoms with Gasteiger partial charge in [0, 0.05) is 6.61 Å². The van der Waals surface area contributed by atoms with Crippen molar-refractivity contribution in [3.8, 4) is 0 Å². The van der Waals surface area contributed by atoms with Crippen LogP contribution in [0, 0.1) is 0 Å². The fourth-order valence-electron chi connectivity index (χ4n) is 2.16. The Morgan fingerprint density at radius 3 is 2.91 bits per heavy atom. The van der Waals surface area contributed by atoms with Crippen LogP contribution in [0.2, 0.25) is 0 Å². The van der Waals surface area contributed by atoms with Crippen LogP contribution in [0.1, 0.15) is 31.9 Å². The molecule has 1 aromatic heterocycles. The van der Waals surface area contributed by atoms with Gasteiger partial charge in [-0.2, -0.15) is 13.2 Å². The zero-order chi connectivity index (χ0) is 16.9. The van der Waals surface area contributed by atoms with Gasteiger partial charge in [-0.25, -0.2) is 4.98 Å². The van der Waals surface area contributed by atoms with Crippen LogP contribution < -0.4 is 5.32 Å². The summed E-state index contributed by atoms with van der Waals surface area (Å²) in [5.74, 6) is -0.707. The Kier molecular flexibility index (Phi) is 5.95. The lowest BCUT2D eigenvalue weighted by Crippen LogP contribution is -2.33. The summed E-state index contributed by atoms with van der Waals surface area (Å²) >= 11 is 0. The van der Waals surface area contributed by atoms with Gasteiger partial charge in [0.1, 0.15) is 17.6 Å². The van der Waals surface area contributed by atoms with Gasteiger partial charge >= 0.3 is 6.18 Å². The van der Waals surface area contributed by atoms with E-state index in [1.165, 1.54) is 19.1 Å². The predicted octanol–water partition coefficient (Wildman–Crippen LogP) is 3.01. The summed E-state index contributed by atoms with van der Waals surface area (Å²) in [5.41, 5.74) is -1.06. The standard InChI is InChI=1S/C15H19F3N2O3/c1-10(23-9-11-5-2-3-8-22-11)14(21)20-13-7-4-6-12(19-13)15(16,17)18/h4,6-7,10-11H,2-3,5,8-9H2,1H3,(H,19,20,21)/t10-,11-/m1/s1. The van der Waals surface area contributed by atoms with Crippen molar-refractivity contribution in [3.63, 3.8) is 0 Å². The number of hydrogen-bond acceptors (Lipinski definition) is 4. The third-order valence-corrected chi connectivity index (χ3v) is 3.47. The largest absolute Gasteiger partial charge is 0.433 e. The van der Waals surface area contributed by atoms with Crippen molar-refractivity contribution in [1.82, 2.24) is 4.98 Å². The summed E-state index contributed by atoms with van der Waals surface area (Å²) in [6.45, 7) is 2.50. The molecule has 5 nitrogen and oxygen atoms in total. The number of halogens is 3. The van der Waals surface area contributed by atoms with Crippen LogP contribution >= 0.6 is 0 Å². The number of pyridine rings is 1. The summed E-state index contributed by atoms with van der Waals surface area (Å²) in [5, 5.41) is 2.33. The smallest absolute Gasteiger partial charge is 0.376 e. The minimum atomic E-state index is -4.55. The van der Waals surface area contributed by atoms with E-state index in [9.17, 15) is 18.0 Å². The molecule has 0 aromatic carbocycles. The topological polar surface area (TPSA) is 60.5 Å². The molecule has 0 aliphatic carbocycles. The predicted molar refractivity (Wildman–Crippen MR) is 76.9 cm³/mol. The molecule has 1 aliphatic heterocycles. The molecule has 0 unspecified atom stereocenters. The second-order valence-electron chi connectivity index (χ2n) is 5.36. The maximum Gasteiger partial charge on any atom is 0.433 e. The van der Waals surface area contributed by atoms with Gasteiger partial charge in [0.25, 0.3) is 5.91 Å². The summed E-state index contributed by atoms with van der Waals surface area (Å²) in [6, 6.07) is 3.33. The third-order valence-electron chi connectivity index (χ3n) is 3.47. The molecule has 8 heteroatoms. The Bertz CT molecular complexity index is 531. The van der Waals surface area contributed by atoms with E-state index in [0.717, 1.165) is 25.3 Å². The van der Waals surface area contributed by atoms with Crippen LogP contribution in [-0.4, -0.2) is 36.3 Å². The first-order valence-electron chi connectivity index (χ1n) is 7.44. The molecule has 2 atom stereocenters. The molecule has 128 valence electrons. The van der Waals surface area contributed by atoms with E-state index in [1.54, 1.807) is 0 Å². The molecule has 0 bridgehead atoms. The number of hydrogen-bond donors (Lipinski definition) is 1. The zero-order valence-corrected chi connectivity index (χ0v) is 12.7. The Balaban J connectivity index is 1.85. The maximum absolute atomic E-state index is 12.6. The minimum absolute atomic E-state index is 0.0364. The fraction of sp³-hybridized carbons (Fsp3) is 0.600. The number of nitrogens with zero attached hydrogens (tertiary/aromatic N) is 1. The number of amides is 1. The number of anilines is 1. The number of ether oxygens (including phenoxy) is 2. The first kappa shape index (κ1) is 17.7. The fourth-order valence-corrected chi connectivity index (χ4v) is 2.16. The molecule has 0 radical (unpaired) electrons. The van der Waals surface area contributed by atoms with Gasteiger partial charge in [0.15, 0.2) is 0 Å². The first-order valence-corrected chi connectivity index (χ1v) is 7.44. The van der Waals surface area contributed by atoms with E-state index in [2.05, 4.69) is 10.3 Å². The Hall–Kier alpha value is -1.67. The highest BCUT2D eigenvalue weighted by Gasteiger charge is 2.32. The number of nitrogens with one attached hydrogen (secondary N) is 1. The molecule has 2 heterocycles. The van der Waals surface area contributed by atoms with E-state index in [1.807, 2.05) is 0 Å². The first-order chi connectivity index (χ1) is 10.9. The second-order valence-corrected chi connectivity index (χ2v) is 5.36. The maximum atomic E-state index is 12.6. The van der Waals surface area contributed by atoms with Crippen LogP contribution in [0.3, 0.4) is 0 Å². The summed E-state index contributed by atoms with van der Waals surface area (Å²) < 4.78 is 48.6. The molecule has 1 N–H and O–H groups in total. The summed E-state index contributed by atoms with van der Waals surface area (Å²) in [6.07, 6.45) is -2.44. The molecule has 1 fully saturated rings. The van der Waals surface area contributed by atoms with Crippen LogP contribution in [0.25, 0.3) is 0 Å². The molecule has 23 heavy (non-hydrogen) atoms. The highest BCUT2D eigenvalue weighted by atomic mass is 19.4. The number of rotatable bonds is 5. The quantitative estimate of drug-likeness (QED) is 0.900. The Morgan fingerprint density at radius 2 is 2.26 bits per heavy atom. The van der Waals surface area contributed by atoms with E-state index in [4.69, 9.17) is 9.47 Å². The van der Waals surface area contributed by atoms with Crippen LogP contribution in [-0.2, 0) is 20.4 Å². The van der Waals surface area contributed by atoms with Crippen molar-refractivity contribution in [2.45, 2.75) is 44.6 Å². The zero-order valence-electron chi connectivity index (χ0n) is 12.7. The van der Waals surface area contributed by atoms with Gasteiger partial charge < -0.3 is 14.8 Å². The lowest BCUT2D eigenvalue weighted by Gasteiger charge is -2.23. The molecule has 2 rings (SSSR count). The lowest BCUT2D eigenvalue weighted by molar-refractivity contribution is -0.141. The van der Waals surface area contributed by atoms with Crippen molar-refractivity contribution in [2.24, 2.45) is 0 Å². The van der Waals surface area contributed by atoms with Gasteiger partial charge in [-0.05, 0) is 38.3 Å². The minimum Gasteiger partial charge on any atom is -0.376 e. The van der Waals surface area contributed by atoms with E-state index in [-0.39, 0.29) is 18.5 Å². The Morgan fingerprint density at radius 1 is 1.48 bits per heavy atom. The van der Waals surface area contributed by atoms with Gasteiger partial charge in [-0.15, -0.1) is 0 Å². The van der Waals surface area contributed by atoms with Gasteiger partial charge in [-0.1, -0.05) is 6.07 Å². The van der Waals surface area contributed by atoms with Crippen LogP contribution in [0.15, 0.2) is 18.2 Å². The van der Waals surface area contributed by atoms with E-state index < -0.39 is 23.9 Å². The average molecular weight is 332 g/mol. The normalized spacial score (nSPS) is 20.1. The van der Waals surface area contributed by atoms with Crippen LogP contribution in [0.4, 0.5) is 19.0 Å². The molecule has 0 spiro atoms. The molecule has 1 saturated heterocycles. The van der Waals surface area contributed by atoms with Crippen molar-refractivity contribution in [3.05, 3.63) is 23.9 Å². The van der Waals surface area contributed by atoms with Crippen LogP contribution in [0.5, 0.6) is 0 Å². The van der Waals surface area contributed by atoms with Crippen molar-refractivity contribution < 1.29 is 27.4 Å². The molecular weight excluding hydrogens is 313 g/mol. The third kappa shape index (κ3) is 5.47. The van der Waals surface area contributed by atoms with E-state index in [0.29, 0.717) is 6.61 Å². The number of carbonyl (C=O) groups excluding carboxylic acids is 1. The highest BCUT2D eigenvalue weighted by molar-refractivity contribution is 5.93. The summed E-state index contributed by atoms with van der Waals surface area (Å²) in [7, 11) is 0. The number of alkyl halides is 3.